The van der Waals surface area contributed by atoms with Gasteiger partial charge in [-0.05, 0) is 24.6 Å². The molecule has 1 aromatic heterocycles. The van der Waals surface area contributed by atoms with Crippen LogP contribution in [0, 0.1) is 6.92 Å². The Balaban J connectivity index is 1.67. The summed E-state index contributed by atoms with van der Waals surface area (Å²) in [5, 5.41) is 6.22. The van der Waals surface area contributed by atoms with Crippen LogP contribution in [-0.4, -0.2) is 37.8 Å². The van der Waals surface area contributed by atoms with Crippen LogP contribution in [0.2, 0.25) is 0 Å². The fourth-order valence-corrected chi connectivity index (χ4v) is 2.89. The first-order valence-corrected chi connectivity index (χ1v) is 8.41. The number of para-hydroxylation sites is 1. The molecule has 0 aliphatic carbocycles. The van der Waals surface area contributed by atoms with Crippen molar-refractivity contribution >= 4 is 11.7 Å². The summed E-state index contributed by atoms with van der Waals surface area (Å²) in [5.74, 6) is 1.55. The number of fused-ring (bicyclic) bond motifs is 1. The molecule has 1 aliphatic heterocycles. The Hall–Kier alpha value is -2.60. The average Bonchev–Trinajstić information content (AvgIpc) is 2.63. The lowest BCUT2D eigenvalue weighted by Crippen LogP contribution is -2.27. The SMILES string of the molecule is COCCNC(=O)c1ccc(N[C@@H]2CCOc3c(C)cccc32)nc1. The van der Waals surface area contributed by atoms with Crippen molar-refractivity contribution < 1.29 is 14.3 Å². The van der Waals surface area contributed by atoms with Crippen molar-refractivity contribution in [1.29, 1.82) is 0 Å². The number of hydrogen-bond donors (Lipinski definition) is 2. The van der Waals surface area contributed by atoms with E-state index in [-0.39, 0.29) is 11.9 Å². The van der Waals surface area contributed by atoms with E-state index in [4.69, 9.17) is 9.47 Å². The largest absolute Gasteiger partial charge is 0.493 e. The number of pyridine rings is 1. The van der Waals surface area contributed by atoms with Crippen LogP contribution >= 0.6 is 0 Å². The second-order valence-electron chi connectivity index (χ2n) is 6.01. The maximum atomic E-state index is 12.0. The Bertz CT molecular complexity index is 731. The van der Waals surface area contributed by atoms with E-state index in [1.807, 2.05) is 12.1 Å². The van der Waals surface area contributed by atoms with Crippen molar-refractivity contribution in [2.75, 3.05) is 32.2 Å². The van der Waals surface area contributed by atoms with Gasteiger partial charge in [0.1, 0.15) is 11.6 Å². The number of carbonyl (C=O) groups is 1. The number of aromatic nitrogens is 1. The van der Waals surface area contributed by atoms with Gasteiger partial charge in [-0.1, -0.05) is 18.2 Å². The van der Waals surface area contributed by atoms with Crippen LogP contribution in [0.4, 0.5) is 5.82 Å². The van der Waals surface area contributed by atoms with Gasteiger partial charge in [0, 0.05) is 31.8 Å². The van der Waals surface area contributed by atoms with Crippen molar-refractivity contribution in [2.45, 2.75) is 19.4 Å². The van der Waals surface area contributed by atoms with Crippen LogP contribution in [0.5, 0.6) is 5.75 Å². The first-order valence-electron chi connectivity index (χ1n) is 8.41. The third-order valence-electron chi connectivity index (χ3n) is 4.21. The van der Waals surface area contributed by atoms with Crippen LogP contribution in [0.1, 0.15) is 33.9 Å². The summed E-state index contributed by atoms with van der Waals surface area (Å²) in [6.45, 7) is 3.70. The van der Waals surface area contributed by atoms with Gasteiger partial charge in [-0.15, -0.1) is 0 Å². The van der Waals surface area contributed by atoms with E-state index >= 15 is 0 Å². The smallest absolute Gasteiger partial charge is 0.252 e. The molecule has 0 saturated heterocycles. The number of anilines is 1. The van der Waals surface area contributed by atoms with Crippen molar-refractivity contribution in [1.82, 2.24) is 10.3 Å². The van der Waals surface area contributed by atoms with Gasteiger partial charge in [0.15, 0.2) is 0 Å². The number of aryl methyl sites for hydroxylation is 1. The van der Waals surface area contributed by atoms with Gasteiger partial charge in [-0.25, -0.2) is 4.98 Å². The van der Waals surface area contributed by atoms with Gasteiger partial charge in [-0.2, -0.15) is 0 Å². The second kappa shape index (κ2) is 7.98. The number of benzene rings is 1. The van der Waals surface area contributed by atoms with E-state index < -0.39 is 0 Å². The third-order valence-corrected chi connectivity index (χ3v) is 4.21. The van der Waals surface area contributed by atoms with Crippen molar-refractivity contribution in [3.63, 3.8) is 0 Å². The maximum Gasteiger partial charge on any atom is 0.252 e. The van der Waals surface area contributed by atoms with Crippen LogP contribution in [0.3, 0.4) is 0 Å². The zero-order valence-corrected chi connectivity index (χ0v) is 14.5. The summed E-state index contributed by atoms with van der Waals surface area (Å²) in [7, 11) is 1.60. The molecule has 6 nitrogen and oxygen atoms in total. The monoisotopic (exact) mass is 341 g/mol. The Kier molecular flexibility index (Phi) is 5.50. The first-order chi connectivity index (χ1) is 12.2. The molecule has 132 valence electrons. The van der Waals surface area contributed by atoms with Crippen molar-refractivity contribution in [3.05, 3.63) is 53.2 Å². The van der Waals surface area contributed by atoms with Gasteiger partial charge in [0.2, 0.25) is 0 Å². The molecule has 2 aromatic rings. The third kappa shape index (κ3) is 4.09. The number of ether oxygens (including phenoxy) is 2. The van der Waals surface area contributed by atoms with E-state index in [9.17, 15) is 4.79 Å². The Labute approximate surface area is 147 Å². The molecule has 2 heterocycles. The normalized spacial score (nSPS) is 15.8. The van der Waals surface area contributed by atoms with E-state index in [2.05, 4.69) is 34.7 Å². The number of methoxy groups -OCH3 is 1. The molecule has 0 saturated carbocycles. The summed E-state index contributed by atoms with van der Waals surface area (Å²) in [6, 6.07) is 9.92. The molecule has 0 spiro atoms. The van der Waals surface area contributed by atoms with E-state index in [1.165, 1.54) is 0 Å². The number of rotatable bonds is 6. The van der Waals surface area contributed by atoms with Crippen molar-refractivity contribution in [3.8, 4) is 5.75 Å². The lowest BCUT2D eigenvalue weighted by atomic mass is 9.98. The Morgan fingerprint density at radius 2 is 2.24 bits per heavy atom. The number of hydrogen-bond acceptors (Lipinski definition) is 5. The minimum Gasteiger partial charge on any atom is -0.493 e. The highest BCUT2D eigenvalue weighted by molar-refractivity contribution is 5.94. The second-order valence-corrected chi connectivity index (χ2v) is 6.01. The molecule has 1 aliphatic rings. The molecule has 6 heteroatoms. The molecular formula is C19H23N3O3. The fraction of sp³-hybridized carbons (Fsp3) is 0.368. The Morgan fingerprint density at radius 1 is 1.36 bits per heavy atom. The highest BCUT2D eigenvalue weighted by Gasteiger charge is 2.22. The van der Waals surface area contributed by atoms with Gasteiger partial charge in [0.25, 0.3) is 5.91 Å². The summed E-state index contributed by atoms with van der Waals surface area (Å²) >= 11 is 0. The molecule has 0 radical (unpaired) electrons. The van der Waals surface area contributed by atoms with Gasteiger partial charge < -0.3 is 20.1 Å². The Morgan fingerprint density at radius 3 is 3.00 bits per heavy atom. The zero-order chi connectivity index (χ0) is 17.6. The summed E-state index contributed by atoms with van der Waals surface area (Å²) in [5.41, 5.74) is 2.82. The molecule has 1 amide bonds. The van der Waals surface area contributed by atoms with E-state index in [0.717, 1.165) is 29.1 Å². The standard InChI is InChI=1S/C19H23N3O3/c1-13-4-3-5-15-16(8-10-25-18(13)15)22-17-7-6-14(12-21-17)19(23)20-9-11-24-2/h3-7,12,16H,8-11H2,1-2H3,(H,20,23)(H,21,22)/t16-/m1/s1. The zero-order valence-electron chi connectivity index (χ0n) is 14.5. The highest BCUT2D eigenvalue weighted by atomic mass is 16.5. The predicted molar refractivity (Wildman–Crippen MR) is 96.1 cm³/mol. The van der Waals surface area contributed by atoms with Gasteiger partial charge >= 0.3 is 0 Å². The summed E-state index contributed by atoms with van der Waals surface area (Å²) < 4.78 is 10.7. The molecule has 2 N–H and O–H groups in total. The summed E-state index contributed by atoms with van der Waals surface area (Å²) in [4.78, 5) is 16.4. The molecule has 1 atom stereocenters. The quantitative estimate of drug-likeness (QED) is 0.791. The average molecular weight is 341 g/mol. The minimum atomic E-state index is -0.150. The number of nitrogens with zero attached hydrogens (tertiary/aromatic N) is 1. The summed E-state index contributed by atoms with van der Waals surface area (Å²) in [6.07, 6.45) is 2.46. The topological polar surface area (TPSA) is 72.5 Å². The van der Waals surface area contributed by atoms with Gasteiger partial charge in [0.05, 0.1) is 24.8 Å². The van der Waals surface area contributed by atoms with Crippen molar-refractivity contribution in [2.24, 2.45) is 0 Å². The molecule has 0 fully saturated rings. The maximum absolute atomic E-state index is 12.0. The van der Waals surface area contributed by atoms with Gasteiger partial charge in [-0.3, -0.25) is 4.79 Å². The molecule has 0 bridgehead atoms. The minimum absolute atomic E-state index is 0.150. The lowest BCUT2D eigenvalue weighted by Gasteiger charge is -2.28. The number of amides is 1. The molecular weight excluding hydrogens is 318 g/mol. The van der Waals surface area contributed by atoms with Crippen LogP contribution in [0.15, 0.2) is 36.5 Å². The lowest BCUT2D eigenvalue weighted by molar-refractivity contribution is 0.0937. The first kappa shape index (κ1) is 17.2. The molecule has 3 rings (SSSR count). The van der Waals surface area contributed by atoms with Crippen LogP contribution < -0.4 is 15.4 Å². The molecule has 1 aromatic carbocycles. The number of carbonyl (C=O) groups excluding carboxylic acids is 1. The fourth-order valence-electron chi connectivity index (χ4n) is 2.89. The highest BCUT2D eigenvalue weighted by Crippen LogP contribution is 2.36. The van der Waals surface area contributed by atoms with E-state index in [1.54, 1.807) is 19.4 Å². The van der Waals surface area contributed by atoms with Crippen LogP contribution in [-0.2, 0) is 4.74 Å². The van der Waals surface area contributed by atoms with E-state index in [0.29, 0.717) is 25.3 Å². The molecule has 0 unspecified atom stereocenters. The molecule has 25 heavy (non-hydrogen) atoms. The number of nitrogens with one attached hydrogen (secondary N) is 2. The predicted octanol–water partition coefficient (Wildman–Crippen LogP) is 2.70. The van der Waals surface area contributed by atoms with Crippen LogP contribution in [0.25, 0.3) is 0 Å².